The Morgan fingerprint density at radius 1 is 1.22 bits per heavy atom. The number of oxazole rings is 1. The third-order valence-corrected chi connectivity index (χ3v) is 4.94. The maximum absolute atomic E-state index is 12.7. The van der Waals surface area contributed by atoms with E-state index in [9.17, 15) is 9.59 Å². The van der Waals surface area contributed by atoms with E-state index in [0.29, 0.717) is 42.4 Å². The summed E-state index contributed by atoms with van der Waals surface area (Å²) in [5, 5.41) is 5.55. The molecule has 9 nitrogen and oxygen atoms in total. The van der Waals surface area contributed by atoms with Crippen LogP contribution in [-0.4, -0.2) is 43.4 Å². The summed E-state index contributed by atoms with van der Waals surface area (Å²) in [6.07, 6.45) is 2.92. The van der Waals surface area contributed by atoms with Gasteiger partial charge in [-0.15, -0.1) is 0 Å². The summed E-state index contributed by atoms with van der Waals surface area (Å²) in [6.45, 7) is 1.27. The summed E-state index contributed by atoms with van der Waals surface area (Å²) >= 11 is 0. The summed E-state index contributed by atoms with van der Waals surface area (Å²) in [4.78, 5) is 28.6. The number of ether oxygens (including phenoxy) is 3. The summed E-state index contributed by atoms with van der Waals surface area (Å²) in [7, 11) is 1.54. The zero-order chi connectivity index (χ0) is 22.3. The molecule has 1 aliphatic heterocycles. The normalized spacial score (nSPS) is 15.2. The number of hydrogen-bond acceptors (Lipinski definition) is 7. The van der Waals surface area contributed by atoms with Crippen LogP contribution in [0.5, 0.6) is 5.75 Å². The maximum Gasteiger partial charge on any atom is 0.407 e. The van der Waals surface area contributed by atoms with Gasteiger partial charge in [0.25, 0.3) is 5.91 Å². The Morgan fingerprint density at radius 3 is 2.88 bits per heavy atom. The molecule has 0 radical (unpaired) electrons. The molecule has 2 N–H and O–H groups in total. The van der Waals surface area contributed by atoms with Crippen LogP contribution < -0.4 is 15.4 Å². The van der Waals surface area contributed by atoms with Crippen molar-refractivity contribution in [3.05, 3.63) is 66.2 Å². The summed E-state index contributed by atoms with van der Waals surface area (Å²) in [5.41, 5.74) is 2.53. The molecule has 0 spiro atoms. The molecule has 0 unspecified atom stereocenters. The number of nitrogens with zero attached hydrogens (tertiary/aromatic N) is 1. The molecular formula is C23H23N3O6. The van der Waals surface area contributed by atoms with Gasteiger partial charge in [-0.3, -0.25) is 4.79 Å². The Bertz CT molecular complexity index is 1080. The van der Waals surface area contributed by atoms with E-state index >= 15 is 0 Å². The lowest BCUT2D eigenvalue weighted by Gasteiger charge is -2.12. The maximum atomic E-state index is 12.7. The number of rotatable bonds is 7. The molecule has 9 heteroatoms. The average Bonchev–Trinajstić information content (AvgIpc) is 3.52. The van der Waals surface area contributed by atoms with Gasteiger partial charge < -0.3 is 29.3 Å². The lowest BCUT2D eigenvalue weighted by Crippen LogP contribution is -2.28. The second-order valence-corrected chi connectivity index (χ2v) is 7.18. The molecule has 166 valence electrons. The van der Waals surface area contributed by atoms with Crippen molar-refractivity contribution in [1.29, 1.82) is 0 Å². The van der Waals surface area contributed by atoms with Gasteiger partial charge in [-0.25, -0.2) is 9.78 Å². The topological polar surface area (TPSA) is 112 Å². The fraction of sp³-hybridized carbons (Fsp3) is 0.261. The highest BCUT2D eigenvalue weighted by Crippen LogP contribution is 2.32. The first-order valence-corrected chi connectivity index (χ1v) is 10.1. The van der Waals surface area contributed by atoms with E-state index in [1.807, 2.05) is 6.07 Å². The van der Waals surface area contributed by atoms with Crippen LogP contribution in [0.25, 0.3) is 11.3 Å². The molecule has 1 atom stereocenters. The number of nitrogens with one attached hydrogen (secondary N) is 2. The van der Waals surface area contributed by atoms with E-state index in [1.54, 1.807) is 49.7 Å². The Hall–Kier alpha value is -3.85. The van der Waals surface area contributed by atoms with Crippen molar-refractivity contribution in [3.8, 4) is 17.1 Å². The molecule has 4 rings (SSSR count). The predicted molar refractivity (Wildman–Crippen MR) is 115 cm³/mol. The number of carbonyl (C=O) groups excluding carboxylic acids is 2. The van der Waals surface area contributed by atoms with Gasteiger partial charge in [0, 0.05) is 30.3 Å². The van der Waals surface area contributed by atoms with Gasteiger partial charge in [0.2, 0.25) is 0 Å². The fourth-order valence-electron chi connectivity index (χ4n) is 3.32. The lowest BCUT2D eigenvalue weighted by atomic mass is 10.1. The minimum atomic E-state index is -0.505. The first kappa shape index (κ1) is 21.4. The number of aromatic nitrogens is 1. The summed E-state index contributed by atoms with van der Waals surface area (Å²) in [6, 6.07) is 12.3. The minimum Gasteiger partial charge on any atom is -0.496 e. The van der Waals surface area contributed by atoms with Gasteiger partial charge in [-0.05, 0) is 29.8 Å². The first-order valence-electron chi connectivity index (χ1n) is 10.1. The second-order valence-electron chi connectivity index (χ2n) is 7.18. The minimum absolute atomic E-state index is 0.209. The van der Waals surface area contributed by atoms with Crippen LogP contribution in [-0.2, 0) is 16.0 Å². The second kappa shape index (κ2) is 9.97. The molecule has 32 heavy (non-hydrogen) atoms. The van der Waals surface area contributed by atoms with E-state index in [2.05, 4.69) is 15.6 Å². The van der Waals surface area contributed by atoms with Crippen LogP contribution in [0.3, 0.4) is 0 Å². The highest BCUT2D eigenvalue weighted by atomic mass is 16.6. The van der Waals surface area contributed by atoms with Crippen LogP contribution in [0.1, 0.15) is 22.3 Å². The molecular weight excluding hydrogens is 414 g/mol. The van der Waals surface area contributed by atoms with Gasteiger partial charge >= 0.3 is 6.09 Å². The first-order chi connectivity index (χ1) is 15.6. The summed E-state index contributed by atoms with van der Waals surface area (Å²) < 4.78 is 21.2. The number of amides is 2. The molecule has 1 aliphatic rings. The van der Waals surface area contributed by atoms with Crippen LogP contribution in [0, 0.1) is 0 Å². The SMILES string of the molecule is COc1cc(NC(=O)c2cccc(CNC(=O)O[C@H]3CCOC3)c2)ccc1-c1cnco1. The van der Waals surface area contributed by atoms with Crippen LogP contribution in [0.2, 0.25) is 0 Å². The van der Waals surface area contributed by atoms with Crippen molar-refractivity contribution < 1.29 is 28.2 Å². The van der Waals surface area contributed by atoms with Gasteiger partial charge in [0.15, 0.2) is 12.2 Å². The highest BCUT2D eigenvalue weighted by Gasteiger charge is 2.19. The zero-order valence-electron chi connectivity index (χ0n) is 17.5. The molecule has 0 bridgehead atoms. The van der Waals surface area contributed by atoms with Crippen molar-refractivity contribution in [2.24, 2.45) is 0 Å². The van der Waals surface area contributed by atoms with Gasteiger partial charge in [0.05, 0.1) is 32.1 Å². The predicted octanol–water partition coefficient (Wildman–Crippen LogP) is 3.62. The molecule has 2 heterocycles. The number of carbonyl (C=O) groups is 2. The molecule has 0 saturated carbocycles. The number of hydrogen-bond donors (Lipinski definition) is 2. The number of alkyl carbamates (subject to hydrolysis) is 1. The number of methoxy groups -OCH3 is 1. The molecule has 3 aromatic rings. The largest absolute Gasteiger partial charge is 0.496 e. The van der Waals surface area contributed by atoms with Crippen LogP contribution in [0.4, 0.5) is 10.5 Å². The molecule has 0 aliphatic carbocycles. The van der Waals surface area contributed by atoms with Crippen molar-refractivity contribution in [2.75, 3.05) is 25.6 Å². The van der Waals surface area contributed by atoms with E-state index in [4.69, 9.17) is 18.6 Å². The van der Waals surface area contributed by atoms with Crippen molar-refractivity contribution in [1.82, 2.24) is 10.3 Å². The lowest BCUT2D eigenvalue weighted by molar-refractivity contribution is 0.0828. The van der Waals surface area contributed by atoms with Gasteiger partial charge in [-0.1, -0.05) is 12.1 Å². The molecule has 1 saturated heterocycles. The summed E-state index contributed by atoms with van der Waals surface area (Å²) in [5.74, 6) is 0.828. The van der Waals surface area contributed by atoms with Crippen molar-refractivity contribution >= 4 is 17.7 Å². The van der Waals surface area contributed by atoms with E-state index < -0.39 is 6.09 Å². The third kappa shape index (κ3) is 5.25. The monoisotopic (exact) mass is 437 g/mol. The quantitative estimate of drug-likeness (QED) is 0.581. The van der Waals surface area contributed by atoms with E-state index in [-0.39, 0.29) is 18.6 Å². The van der Waals surface area contributed by atoms with Crippen molar-refractivity contribution in [3.63, 3.8) is 0 Å². The van der Waals surface area contributed by atoms with Gasteiger partial charge in [-0.2, -0.15) is 0 Å². The Labute approximate surface area is 184 Å². The van der Waals surface area contributed by atoms with E-state index in [1.165, 1.54) is 6.39 Å². The smallest absolute Gasteiger partial charge is 0.407 e. The molecule has 2 aromatic carbocycles. The Balaban J connectivity index is 1.37. The molecule has 1 aromatic heterocycles. The average molecular weight is 437 g/mol. The standard InChI is InChI=1S/C23H23N3O6/c1-29-20-10-17(5-6-19(20)21-12-24-14-31-21)26-22(27)16-4-2-3-15(9-16)11-25-23(28)32-18-7-8-30-13-18/h2-6,9-10,12,14,18H,7-8,11,13H2,1H3,(H,25,28)(H,26,27)/t18-/m0/s1. The molecule has 2 amide bonds. The zero-order valence-corrected chi connectivity index (χ0v) is 17.5. The highest BCUT2D eigenvalue weighted by molar-refractivity contribution is 6.04. The van der Waals surface area contributed by atoms with Crippen LogP contribution >= 0.6 is 0 Å². The van der Waals surface area contributed by atoms with E-state index in [0.717, 1.165) is 11.1 Å². The fourth-order valence-corrected chi connectivity index (χ4v) is 3.32. The Kier molecular flexibility index (Phi) is 6.66. The molecule has 1 fully saturated rings. The Morgan fingerprint density at radius 2 is 2.12 bits per heavy atom. The third-order valence-electron chi connectivity index (χ3n) is 4.94. The van der Waals surface area contributed by atoms with Crippen molar-refractivity contribution in [2.45, 2.75) is 19.1 Å². The number of anilines is 1. The van der Waals surface area contributed by atoms with Gasteiger partial charge in [0.1, 0.15) is 11.9 Å². The van der Waals surface area contributed by atoms with Crippen LogP contribution in [0.15, 0.2) is 59.5 Å². The number of benzene rings is 2.